The Morgan fingerprint density at radius 1 is 1.30 bits per heavy atom. The molecule has 0 amide bonds. The number of ether oxygens (including phenoxy) is 2. The molecule has 0 aliphatic heterocycles. The lowest BCUT2D eigenvalue weighted by molar-refractivity contribution is 0.198. The van der Waals surface area contributed by atoms with Crippen LogP contribution in [0.1, 0.15) is 34.2 Å². The number of aryl methyl sites for hydroxylation is 2. The van der Waals surface area contributed by atoms with Gasteiger partial charge in [-0.15, -0.1) is 11.3 Å². The molecule has 2 aromatic rings. The average molecular weight is 293 g/mol. The first kappa shape index (κ1) is 14.8. The van der Waals surface area contributed by atoms with Crippen LogP contribution in [-0.2, 0) is 6.61 Å². The van der Waals surface area contributed by atoms with Crippen molar-refractivity contribution >= 4 is 11.3 Å². The highest BCUT2D eigenvalue weighted by Gasteiger charge is 2.10. The van der Waals surface area contributed by atoms with Gasteiger partial charge in [0.15, 0.2) is 11.5 Å². The summed E-state index contributed by atoms with van der Waals surface area (Å²) in [6.45, 7) is 6.18. The van der Waals surface area contributed by atoms with Crippen molar-refractivity contribution in [3.63, 3.8) is 0 Å². The third-order valence-corrected chi connectivity index (χ3v) is 4.14. The molecule has 0 spiro atoms. The van der Waals surface area contributed by atoms with E-state index in [0.29, 0.717) is 18.1 Å². The van der Waals surface area contributed by atoms with E-state index in [2.05, 4.69) is 11.9 Å². The fraction of sp³-hybridized carbons (Fsp3) is 0.400. The molecule has 0 saturated heterocycles. The number of thiazole rings is 1. The van der Waals surface area contributed by atoms with Gasteiger partial charge in [0.1, 0.15) is 11.6 Å². The lowest BCUT2D eigenvalue weighted by atomic mass is 10.1. The van der Waals surface area contributed by atoms with Gasteiger partial charge in [0.25, 0.3) is 0 Å². The number of aliphatic hydroxyl groups excluding tert-OH is 1. The number of nitrogens with zero attached hydrogens (tertiary/aromatic N) is 1. The van der Waals surface area contributed by atoms with E-state index in [-0.39, 0.29) is 0 Å². The molecule has 1 atom stereocenters. The third kappa shape index (κ3) is 3.29. The van der Waals surface area contributed by atoms with Crippen LogP contribution in [-0.4, -0.2) is 17.2 Å². The van der Waals surface area contributed by atoms with Gasteiger partial charge in [-0.3, -0.25) is 0 Å². The van der Waals surface area contributed by atoms with Crippen LogP contribution in [0.25, 0.3) is 0 Å². The Morgan fingerprint density at radius 3 is 2.60 bits per heavy atom. The summed E-state index contributed by atoms with van der Waals surface area (Å²) in [5.41, 5.74) is 1.85. The van der Waals surface area contributed by atoms with E-state index < -0.39 is 6.10 Å². The summed E-state index contributed by atoms with van der Waals surface area (Å²) in [5.74, 6) is 1.27. The minimum Gasteiger partial charge on any atom is -0.493 e. The molecule has 0 aliphatic rings. The zero-order valence-electron chi connectivity index (χ0n) is 12.1. The zero-order valence-corrected chi connectivity index (χ0v) is 13.0. The summed E-state index contributed by atoms with van der Waals surface area (Å²) >= 11 is 1.64. The topological polar surface area (TPSA) is 51.6 Å². The summed E-state index contributed by atoms with van der Waals surface area (Å²) in [7, 11) is 1.59. The highest BCUT2D eigenvalue weighted by Crippen LogP contribution is 2.31. The van der Waals surface area contributed by atoms with Gasteiger partial charge in [0.05, 0.1) is 18.9 Å². The fourth-order valence-corrected chi connectivity index (χ4v) is 2.65. The first-order chi connectivity index (χ1) is 9.51. The van der Waals surface area contributed by atoms with E-state index in [1.165, 1.54) is 4.88 Å². The molecule has 0 fully saturated rings. The lowest BCUT2D eigenvalue weighted by Crippen LogP contribution is -1.99. The fourth-order valence-electron chi connectivity index (χ4n) is 1.80. The summed E-state index contributed by atoms with van der Waals surface area (Å²) in [4.78, 5) is 5.65. The van der Waals surface area contributed by atoms with Crippen molar-refractivity contribution < 1.29 is 14.6 Å². The van der Waals surface area contributed by atoms with Gasteiger partial charge in [-0.25, -0.2) is 4.98 Å². The number of rotatable bonds is 5. The maximum atomic E-state index is 9.57. The molecule has 2 rings (SSSR count). The number of hydrogen-bond acceptors (Lipinski definition) is 5. The van der Waals surface area contributed by atoms with Crippen LogP contribution in [0.2, 0.25) is 0 Å². The Balaban J connectivity index is 2.12. The van der Waals surface area contributed by atoms with Crippen LogP contribution in [0, 0.1) is 13.8 Å². The Bertz CT molecular complexity index is 573. The van der Waals surface area contributed by atoms with Crippen molar-refractivity contribution in [1.82, 2.24) is 4.98 Å². The Kier molecular flexibility index (Phi) is 4.62. The van der Waals surface area contributed by atoms with Gasteiger partial charge >= 0.3 is 0 Å². The van der Waals surface area contributed by atoms with Crippen molar-refractivity contribution in [3.8, 4) is 11.5 Å². The molecule has 1 N–H and O–H groups in total. The molecule has 1 aromatic heterocycles. The first-order valence-corrected chi connectivity index (χ1v) is 7.24. The second kappa shape index (κ2) is 6.24. The van der Waals surface area contributed by atoms with Gasteiger partial charge < -0.3 is 14.6 Å². The van der Waals surface area contributed by atoms with E-state index in [1.807, 2.05) is 19.1 Å². The van der Waals surface area contributed by atoms with Gasteiger partial charge in [-0.2, -0.15) is 0 Å². The predicted octanol–water partition coefficient (Wildman–Crippen LogP) is 3.40. The SMILES string of the molecule is COc1cc([C@@H](C)O)ccc1OCc1nc(C)c(C)s1. The Labute approximate surface area is 123 Å². The second-order valence-corrected chi connectivity index (χ2v) is 5.91. The summed E-state index contributed by atoms with van der Waals surface area (Å²) in [6, 6.07) is 5.44. The summed E-state index contributed by atoms with van der Waals surface area (Å²) in [6.07, 6.45) is -0.526. The quantitative estimate of drug-likeness (QED) is 0.918. The molecule has 1 heterocycles. The van der Waals surface area contributed by atoms with Crippen LogP contribution in [0.4, 0.5) is 0 Å². The standard InChI is InChI=1S/C15H19NO3S/c1-9-11(3)20-15(16-9)8-19-13-6-5-12(10(2)17)7-14(13)18-4/h5-7,10,17H,8H2,1-4H3/t10-/m1/s1. The van der Waals surface area contributed by atoms with Crippen molar-refractivity contribution in [2.45, 2.75) is 33.5 Å². The normalized spacial score (nSPS) is 12.2. The lowest BCUT2D eigenvalue weighted by Gasteiger charge is -2.12. The molecule has 1 aromatic carbocycles. The van der Waals surface area contributed by atoms with Crippen LogP contribution >= 0.6 is 11.3 Å². The van der Waals surface area contributed by atoms with E-state index in [9.17, 15) is 5.11 Å². The number of aromatic nitrogens is 1. The van der Waals surface area contributed by atoms with Crippen molar-refractivity contribution in [3.05, 3.63) is 39.3 Å². The predicted molar refractivity (Wildman–Crippen MR) is 79.5 cm³/mol. The second-order valence-electron chi connectivity index (χ2n) is 4.62. The molecular formula is C15H19NO3S. The van der Waals surface area contributed by atoms with E-state index in [4.69, 9.17) is 9.47 Å². The van der Waals surface area contributed by atoms with Gasteiger partial charge in [-0.05, 0) is 38.5 Å². The molecule has 5 heteroatoms. The van der Waals surface area contributed by atoms with Crippen LogP contribution in [0.3, 0.4) is 0 Å². The smallest absolute Gasteiger partial charge is 0.161 e. The molecule has 4 nitrogen and oxygen atoms in total. The molecular weight excluding hydrogens is 274 g/mol. The molecule has 0 bridgehead atoms. The largest absolute Gasteiger partial charge is 0.493 e. The molecule has 0 unspecified atom stereocenters. The number of methoxy groups -OCH3 is 1. The van der Waals surface area contributed by atoms with Crippen LogP contribution < -0.4 is 9.47 Å². The van der Waals surface area contributed by atoms with E-state index in [1.54, 1.807) is 31.4 Å². The van der Waals surface area contributed by atoms with Crippen LogP contribution in [0.15, 0.2) is 18.2 Å². The minimum absolute atomic E-state index is 0.420. The molecule has 0 saturated carbocycles. The number of hydrogen-bond donors (Lipinski definition) is 1. The van der Waals surface area contributed by atoms with E-state index in [0.717, 1.165) is 16.3 Å². The number of aliphatic hydroxyl groups is 1. The highest BCUT2D eigenvalue weighted by molar-refractivity contribution is 7.11. The highest BCUT2D eigenvalue weighted by atomic mass is 32.1. The maximum Gasteiger partial charge on any atom is 0.161 e. The maximum absolute atomic E-state index is 9.57. The van der Waals surface area contributed by atoms with E-state index >= 15 is 0 Å². The summed E-state index contributed by atoms with van der Waals surface area (Å²) in [5, 5.41) is 10.5. The average Bonchev–Trinajstić information content (AvgIpc) is 2.75. The monoisotopic (exact) mass is 293 g/mol. The number of benzene rings is 1. The minimum atomic E-state index is -0.526. The van der Waals surface area contributed by atoms with Crippen molar-refractivity contribution in [2.24, 2.45) is 0 Å². The third-order valence-electron chi connectivity index (χ3n) is 3.09. The molecule has 108 valence electrons. The van der Waals surface area contributed by atoms with Crippen molar-refractivity contribution in [2.75, 3.05) is 7.11 Å². The zero-order chi connectivity index (χ0) is 14.7. The Morgan fingerprint density at radius 2 is 2.05 bits per heavy atom. The van der Waals surface area contributed by atoms with Gasteiger partial charge in [0.2, 0.25) is 0 Å². The Hall–Kier alpha value is -1.59. The van der Waals surface area contributed by atoms with Crippen molar-refractivity contribution in [1.29, 1.82) is 0 Å². The van der Waals surface area contributed by atoms with Gasteiger partial charge in [0, 0.05) is 4.88 Å². The molecule has 0 aliphatic carbocycles. The molecule has 20 heavy (non-hydrogen) atoms. The van der Waals surface area contributed by atoms with Crippen LogP contribution in [0.5, 0.6) is 11.5 Å². The van der Waals surface area contributed by atoms with Gasteiger partial charge in [-0.1, -0.05) is 6.07 Å². The molecule has 0 radical (unpaired) electrons. The summed E-state index contributed by atoms with van der Waals surface area (Å²) < 4.78 is 11.1. The first-order valence-electron chi connectivity index (χ1n) is 6.43.